The summed E-state index contributed by atoms with van der Waals surface area (Å²) in [5.74, 6) is -1.14. The second-order valence-electron chi connectivity index (χ2n) is 2.47. The zero-order chi connectivity index (χ0) is 10.8. The van der Waals surface area contributed by atoms with Crippen molar-refractivity contribution in [3.8, 4) is 0 Å². The molecule has 0 saturated heterocycles. The molecule has 0 spiro atoms. The molecule has 1 aromatic rings. The van der Waals surface area contributed by atoms with Gasteiger partial charge in [-0.25, -0.2) is 8.42 Å². The molecule has 1 aromatic carbocycles. The molecule has 7 heteroatoms. The minimum Gasteiger partial charge on any atom is -0.380 e. The van der Waals surface area contributed by atoms with Crippen LogP contribution < -0.4 is 0 Å². The van der Waals surface area contributed by atoms with Crippen LogP contribution in [0.15, 0.2) is 29.2 Å². The lowest BCUT2D eigenvalue weighted by molar-refractivity contribution is -0.387. The summed E-state index contributed by atoms with van der Waals surface area (Å²) in [4.78, 5) is 9.18. The van der Waals surface area contributed by atoms with E-state index in [1.165, 1.54) is 12.1 Å². The first kappa shape index (κ1) is 10.6. The van der Waals surface area contributed by atoms with Gasteiger partial charge in [-0.3, -0.25) is 10.1 Å². The molecule has 0 radical (unpaired) electrons. The molecule has 1 N–H and O–H groups in total. The van der Waals surface area contributed by atoms with Crippen LogP contribution in [0, 0.1) is 10.1 Å². The Morgan fingerprint density at radius 1 is 1.36 bits per heavy atom. The van der Waals surface area contributed by atoms with Crippen molar-refractivity contribution in [1.29, 1.82) is 0 Å². The number of para-hydroxylation sites is 1. The maximum absolute atomic E-state index is 11.2. The van der Waals surface area contributed by atoms with Crippen LogP contribution in [0.4, 0.5) is 5.69 Å². The maximum Gasteiger partial charge on any atom is 0.288 e. The van der Waals surface area contributed by atoms with Gasteiger partial charge in [0.2, 0.25) is 9.84 Å². The zero-order valence-corrected chi connectivity index (χ0v) is 7.77. The van der Waals surface area contributed by atoms with Crippen LogP contribution in [-0.4, -0.2) is 24.4 Å². The summed E-state index contributed by atoms with van der Waals surface area (Å²) in [5, 5.41) is 19.0. The van der Waals surface area contributed by atoms with E-state index in [2.05, 4.69) is 0 Å². The molecular formula is C7H7NO5S. The van der Waals surface area contributed by atoms with Gasteiger partial charge in [0.05, 0.1) is 4.92 Å². The molecule has 14 heavy (non-hydrogen) atoms. The average molecular weight is 217 g/mol. The Kier molecular flexibility index (Phi) is 2.82. The summed E-state index contributed by atoms with van der Waals surface area (Å²) in [6.07, 6.45) is 0. The van der Waals surface area contributed by atoms with Crippen LogP contribution in [0.3, 0.4) is 0 Å². The van der Waals surface area contributed by atoms with E-state index < -0.39 is 31.3 Å². The number of aliphatic hydroxyl groups excluding tert-OH is 1. The highest BCUT2D eigenvalue weighted by atomic mass is 32.2. The summed E-state index contributed by atoms with van der Waals surface area (Å²) in [6, 6.07) is 4.87. The fourth-order valence-corrected chi connectivity index (χ4v) is 1.83. The summed E-state index contributed by atoms with van der Waals surface area (Å²) >= 11 is 0. The van der Waals surface area contributed by atoms with Gasteiger partial charge in [0.15, 0.2) is 0 Å². The topological polar surface area (TPSA) is 97.5 Å². The second kappa shape index (κ2) is 3.72. The highest BCUT2D eigenvalue weighted by Crippen LogP contribution is 2.23. The third kappa shape index (κ3) is 1.88. The molecule has 0 heterocycles. The van der Waals surface area contributed by atoms with Crippen LogP contribution in [0.25, 0.3) is 0 Å². The van der Waals surface area contributed by atoms with Crippen LogP contribution >= 0.6 is 0 Å². The predicted octanol–water partition coefficient (Wildman–Crippen LogP) is 0.318. The van der Waals surface area contributed by atoms with E-state index in [1.54, 1.807) is 0 Å². The number of aliphatic hydroxyl groups is 1. The number of nitro benzene ring substituents is 1. The number of hydrogen-bond acceptors (Lipinski definition) is 5. The van der Waals surface area contributed by atoms with Crippen LogP contribution in [0.1, 0.15) is 0 Å². The van der Waals surface area contributed by atoms with Crippen molar-refractivity contribution < 1.29 is 18.4 Å². The minimum atomic E-state index is -3.96. The van der Waals surface area contributed by atoms with Gasteiger partial charge in [0, 0.05) is 6.07 Å². The Labute approximate surface area is 79.9 Å². The van der Waals surface area contributed by atoms with Crippen molar-refractivity contribution in [1.82, 2.24) is 0 Å². The van der Waals surface area contributed by atoms with E-state index in [0.717, 1.165) is 12.1 Å². The lowest BCUT2D eigenvalue weighted by Gasteiger charge is -2.00. The molecule has 0 aliphatic rings. The van der Waals surface area contributed by atoms with Gasteiger partial charge in [-0.15, -0.1) is 0 Å². The Balaban J connectivity index is 3.42. The Hall–Kier alpha value is -1.47. The number of sulfone groups is 1. The quantitative estimate of drug-likeness (QED) is 0.580. The SMILES string of the molecule is O=[N+]([O-])c1ccccc1S(=O)(=O)CO. The fourth-order valence-electron chi connectivity index (χ4n) is 0.941. The standard InChI is InChI=1S/C7H7NO5S/c9-5-14(12,13)7-4-2-1-3-6(7)8(10)11/h1-4,9H,5H2. The lowest BCUT2D eigenvalue weighted by Crippen LogP contribution is -2.08. The number of rotatable bonds is 3. The van der Waals surface area contributed by atoms with E-state index in [1.807, 2.05) is 0 Å². The van der Waals surface area contributed by atoms with E-state index in [9.17, 15) is 18.5 Å². The molecule has 1 rings (SSSR count). The van der Waals surface area contributed by atoms with E-state index in [0.29, 0.717) is 0 Å². The van der Waals surface area contributed by atoms with E-state index in [-0.39, 0.29) is 0 Å². The van der Waals surface area contributed by atoms with Crippen LogP contribution in [0.5, 0.6) is 0 Å². The van der Waals surface area contributed by atoms with Crippen molar-refractivity contribution in [2.24, 2.45) is 0 Å². The molecule has 0 atom stereocenters. The van der Waals surface area contributed by atoms with Crippen LogP contribution in [-0.2, 0) is 9.84 Å². The van der Waals surface area contributed by atoms with Crippen molar-refractivity contribution in [2.75, 3.05) is 5.94 Å². The maximum atomic E-state index is 11.2. The van der Waals surface area contributed by atoms with Crippen molar-refractivity contribution in [2.45, 2.75) is 4.90 Å². The third-order valence-electron chi connectivity index (χ3n) is 1.57. The summed E-state index contributed by atoms with van der Waals surface area (Å²) in [5.41, 5.74) is -0.526. The molecule has 0 aromatic heterocycles. The predicted molar refractivity (Wildman–Crippen MR) is 47.4 cm³/mol. The molecule has 6 nitrogen and oxygen atoms in total. The smallest absolute Gasteiger partial charge is 0.288 e. The highest BCUT2D eigenvalue weighted by molar-refractivity contribution is 7.91. The van der Waals surface area contributed by atoms with Gasteiger partial charge in [-0.2, -0.15) is 0 Å². The third-order valence-corrected chi connectivity index (χ3v) is 2.92. The number of nitrogens with zero attached hydrogens (tertiary/aromatic N) is 1. The second-order valence-corrected chi connectivity index (χ2v) is 4.40. The zero-order valence-electron chi connectivity index (χ0n) is 6.95. The first-order valence-corrected chi connectivity index (χ1v) is 5.21. The van der Waals surface area contributed by atoms with Gasteiger partial charge in [-0.1, -0.05) is 12.1 Å². The summed E-state index contributed by atoms with van der Waals surface area (Å²) in [6.45, 7) is 0. The van der Waals surface area contributed by atoms with Gasteiger partial charge in [-0.05, 0) is 6.07 Å². The average Bonchev–Trinajstić information content (AvgIpc) is 2.18. The number of benzene rings is 1. The molecule has 76 valence electrons. The monoisotopic (exact) mass is 217 g/mol. The summed E-state index contributed by atoms with van der Waals surface area (Å²) < 4.78 is 22.3. The van der Waals surface area contributed by atoms with Crippen molar-refractivity contribution >= 4 is 15.5 Å². The molecule has 0 aliphatic carbocycles. The van der Waals surface area contributed by atoms with Gasteiger partial charge in [0.1, 0.15) is 10.8 Å². The first-order chi connectivity index (χ1) is 6.49. The Morgan fingerprint density at radius 3 is 2.43 bits per heavy atom. The highest BCUT2D eigenvalue weighted by Gasteiger charge is 2.23. The van der Waals surface area contributed by atoms with Gasteiger partial charge >= 0.3 is 0 Å². The van der Waals surface area contributed by atoms with Crippen molar-refractivity contribution in [3.05, 3.63) is 34.4 Å². The molecule has 0 fully saturated rings. The lowest BCUT2D eigenvalue weighted by atomic mass is 10.3. The minimum absolute atomic E-state index is 0.465. The van der Waals surface area contributed by atoms with Gasteiger partial charge in [0.25, 0.3) is 5.69 Å². The molecule has 0 unspecified atom stereocenters. The number of nitro groups is 1. The Morgan fingerprint density at radius 2 is 1.93 bits per heavy atom. The molecule has 0 bridgehead atoms. The first-order valence-electron chi connectivity index (χ1n) is 3.56. The Bertz CT molecular complexity index is 453. The van der Waals surface area contributed by atoms with E-state index in [4.69, 9.17) is 5.11 Å². The van der Waals surface area contributed by atoms with Crippen LogP contribution in [0.2, 0.25) is 0 Å². The largest absolute Gasteiger partial charge is 0.380 e. The normalized spacial score (nSPS) is 11.2. The molecule has 0 aliphatic heterocycles. The van der Waals surface area contributed by atoms with Crippen molar-refractivity contribution in [3.63, 3.8) is 0 Å². The fraction of sp³-hybridized carbons (Fsp3) is 0.143. The molecular weight excluding hydrogens is 210 g/mol. The number of hydrogen-bond donors (Lipinski definition) is 1. The van der Waals surface area contributed by atoms with Gasteiger partial charge < -0.3 is 5.11 Å². The van der Waals surface area contributed by atoms with E-state index >= 15 is 0 Å². The summed E-state index contributed by atoms with van der Waals surface area (Å²) in [7, 11) is -3.96. The molecule has 0 amide bonds. The molecule has 0 saturated carbocycles.